The minimum atomic E-state index is -4.22. The third kappa shape index (κ3) is 5.43. The lowest BCUT2D eigenvalue weighted by Crippen LogP contribution is -2.49. The molecule has 354 valence electrons. The van der Waals surface area contributed by atoms with Crippen molar-refractivity contribution in [1.29, 1.82) is 0 Å². The average Bonchev–Trinajstić information content (AvgIpc) is 4.12. The fraction of sp³-hybridized carbons (Fsp3) is 0.0149. The van der Waals surface area contributed by atoms with E-state index >= 15 is 13.0 Å². The van der Waals surface area contributed by atoms with E-state index < -0.39 is 22.4 Å². The van der Waals surface area contributed by atoms with Crippen molar-refractivity contribution in [3.05, 3.63) is 277 Å². The van der Waals surface area contributed by atoms with E-state index in [1.54, 1.807) is 6.07 Å². The molecule has 14 aromatic rings. The number of fused-ring (bicyclic) bond motifs is 18. The summed E-state index contributed by atoms with van der Waals surface area (Å²) < 4.78 is 55.7. The van der Waals surface area contributed by atoms with Crippen molar-refractivity contribution in [2.45, 2.75) is 15.2 Å². The SMILES string of the molecule is O=P1(c2ccccc2)c2ccccc2C2(c3ccccc31)c1ccccc1S(=O)(=O)c1c2ccc2c1c1ccccc1n2-c1cc(-n2c3ccccc3c3ccccc32)cc(-n2c3ccccc3c3ccccc32)c1. The van der Waals surface area contributed by atoms with Crippen LogP contribution < -0.4 is 15.9 Å². The Morgan fingerprint density at radius 3 is 1.20 bits per heavy atom. The van der Waals surface area contributed by atoms with Crippen LogP contribution >= 0.6 is 7.14 Å². The van der Waals surface area contributed by atoms with Gasteiger partial charge < -0.3 is 18.3 Å². The maximum Gasteiger partial charge on any atom is 0.207 e. The number of aromatic nitrogens is 3. The predicted molar refractivity (Wildman–Crippen MR) is 306 cm³/mol. The van der Waals surface area contributed by atoms with Crippen LogP contribution in [0.2, 0.25) is 0 Å². The van der Waals surface area contributed by atoms with Gasteiger partial charge in [0.05, 0.1) is 65.4 Å². The molecule has 0 saturated carbocycles. The summed E-state index contributed by atoms with van der Waals surface area (Å²) in [7, 11) is -7.71. The zero-order valence-electron chi connectivity index (χ0n) is 40.2. The molecule has 0 radical (unpaired) electrons. The number of rotatable bonds is 4. The fourth-order valence-electron chi connectivity index (χ4n) is 13.4. The summed E-state index contributed by atoms with van der Waals surface area (Å²) in [4.78, 5) is 0.501. The summed E-state index contributed by atoms with van der Waals surface area (Å²) in [5.41, 5.74) is 10.5. The molecule has 8 heteroatoms. The second kappa shape index (κ2) is 15.3. The van der Waals surface area contributed by atoms with Gasteiger partial charge in [-0.05, 0) is 82.9 Å². The third-order valence-electron chi connectivity index (χ3n) is 16.3. The fourth-order valence-corrected chi connectivity index (χ4v) is 18.6. The molecule has 2 aliphatic heterocycles. The number of hydrogen-bond donors (Lipinski definition) is 0. The number of sulfone groups is 1. The van der Waals surface area contributed by atoms with Gasteiger partial charge in [0, 0.05) is 48.2 Å². The van der Waals surface area contributed by atoms with Crippen LogP contribution in [0, 0.1) is 0 Å². The summed E-state index contributed by atoms with van der Waals surface area (Å²) in [6.07, 6.45) is 0. The Balaban J connectivity index is 1.05. The molecule has 0 aliphatic carbocycles. The van der Waals surface area contributed by atoms with Gasteiger partial charge in [-0.15, -0.1) is 0 Å². The molecule has 0 bridgehead atoms. The molecule has 1 spiro atoms. The van der Waals surface area contributed by atoms with Crippen LogP contribution in [0.15, 0.2) is 265 Å². The summed E-state index contributed by atoms with van der Waals surface area (Å²) in [5, 5.41) is 8.24. The van der Waals surface area contributed by atoms with Gasteiger partial charge in [-0.2, -0.15) is 0 Å². The lowest BCUT2D eigenvalue weighted by atomic mass is 9.64. The molecule has 16 rings (SSSR count). The van der Waals surface area contributed by atoms with Gasteiger partial charge in [-0.1, -0.05) is 194 Å². The number of para-hydroxylation sites is 5. The third-order valence-corrected chi connectivity index (χ3v) is 21.3. The maximum atomic E-state index is 16.4. The Morgan fingerprint density at radius 1 is 0.333 bits per heavy atom. The van der Waals surface area contributed by atoms with Gasteiger partial charge in [-0.25, -0.2) is 8.42 Å². The highest BCUT2D eigenvalue weighted by Gasteiger charge is 2.56. The van der Waals surface area contributed by atoms with Crippen molar-refractivity contribution in [1.82, 2.24) is 13.7 Å². The van der Waals surface area contributed by atoms with Crippen LogP contribution in [0.4, 0.5) is 0 Å². The van der Waals surface area contributed by atoms with Crippen LogP contribution in [-0.4, -0.2) is 22.1 Å². The number of nitrogens with zero attached hydrogens (tertiary/aromatic N) is 3. The standard InChI is InChI=1S/C67H42N3O3PS/c71-74(46-20-2-1-3-21-46)62-35-17-9-27-52(62)67(53-28-10-18-36-63(53)74)54-29-11-19-37-64(54)75(72,73)66-55(67)38-39-61-65(66)51-26-8-16-34-60(51)70(61)45-41-43(68-56-30-12-4-22-47(56)48-23-5-13-31-57(48)68)40-44(42-45)69-58-32-14-6-24-49(58)50-25-7-15-33-59(50)69/h1-42H. The van der Waals surface area contributed by atoms with Gasteiger partial charge in [0.15, 0.2) is 7.14 Å². The summed E-state index contributed by atoms with van der Waals surface area (Å²) in [6, 6.07) is 86.8. The number of hydrogen-bond acceptors (Lipinski definition) is 3. The molecule has 6 nitrogen and oxygen atoms in total. The van der Waals surface area contributed by atoms with E-state index in [1.807, 2.05) is 97.1 Å². The highest BCUT2D eigenvalue weighted by Crippen LogP contribution is 2.61. The monoisotopic (exact) mass is 999 g/mol. The van der Waals surface area contributed by atoms with Crippen LogP contribution in [-0.2, 0) is 19.8 Å². The molecule has 0 amide bonds. The highest BCUT2D eigenvalue weighted by atomic mass is 32.2. The molecule has 5 heterocycles. The minimum Gasteiger partial charge on any atom is -0.309 e. The van der Waals surface area contributed by atoms with Crippen molar-refractivity contribution in [2.75, 3.05) is 0 Å². The quantitative estimate of drug-likeness (QED) is 0.165. The maximum absolute atomic E-state index is 16.4. The van der Waals surface area contributed by atoms with Gasteiger partial charge in [0.1, 0.15) is 0 Å². The summed E-state index contributed by atoms with van der Waals surface area (Å²) in [5.74, 6) is 0. The first-order valence-electron chi connectivity index (χ1n) is 25.3. The van der Waals surface area contributed by atoms with Crippen molar-refractivity contribution < 1.29 is 13.0 Å². The molecule has 0 fully saturated rings. The van der Waals surface area contributed by atoms with E-state index in [0.29, 0.717) is 27.1 Å². The highest BCUT2D eigenvalue weighted by molar-refractivity contribution is 7.92. The Kier molecular flexibility index (Phi) is 8.66. The van der Waals surface area contributed by atoms with E-state index in [2.05, 4.69) is 165 Å². The van der Waals surface area contributed by atoms with Gasteiger partial charge >= 0.3 is 0 Å². The lowest BCUT2D eigenvalue weighted by Gasteiger charge is -2.47. The Bertz CT molecular complexity index is 4680. The first kappa shape index (κ1) is 42.5. The second-order valence-electron chi connectivity index (χ2n) is 19.9. The predicted octanol–water partition coefficient (Wildman–Crippen LogP) is 14.5. The molecule has 0 unspecified atom stereocenters. The molecule has 0 N–H and O–H groups in total. The van der Waals surface area contributed by atoms with Crippen molar-refractivity contribution in [3.8, 4) is 17.1 Å². The molecular weight excluding hydrogens is 958 g/mol. The van der Waals surface area contributed by atoms with Crippen molar-refractivity contribution >= 4 is 98.3 Å². The zero-order chi connectivity index (χ0) is 49.8. The van der Waals surface area contributed by atoms with E-state index in [0.717, 1.165) is 93.5 Å². The molecule has 3 aromatic heterocycles. The normalized spacial score (nSPS) is 17.4. The second-order valence-corrected chi connectivity index (χ2v) is 24.4. The van der Waals surface area contributed by atoms with Crippen LogP contribution in [0.1, 0.15) is 22.3 Å². The Labute approximate surface area is 431 Å². The van der Waals surface area contributed by atoms with Crippen LogP contribution in [0.3, 0.4) is 0 Å². The number of benzene rings is 11. The molecule has 11 aromatic carbocycles. The van der Waals surface area contributed by atoms with E-state index in [1.165, 1.54) is 0 Å². The van der Waals surface area contributed by atoms with Crippen molar-refractivity contribution in [3.63, 3.8) is 0 Å². The van der Waals surface area contributed by atoms with E-state index in [4.69, 9.17) is 0 Å². The average molecular weight is 1000 g/mol. The topological polar surface area (TPSA) is 66.0 Å². The van der Waals surface area contributed by atoms with E-state index in [9.17, 15) is 0 Å². The molecule has 2 aliphatic rings. The molecule has 0 atom stereocenters. The van der Waals surface area contributed by atoms with Crippen LogP contribution in [0.5, 0.6) is 0 Å². The van der Waals surface area contributed by atoms with Gasteiger partial charge in [-0.3, -0.25) is 0 Å². The Morgan fingerprint density at radius 2 is 0.707 bits per heavy atom. The smallest absolute Gasteiger partial charge is 0.207 e. The Hall–Kier alpha value is -9.00. The van der Waals surface area contributed by atoms with E-state index in [-0.39, 0.29) is 9.79 Å². The lowest BCUT2D eigenvalue weighted by molar-refractivity contribution is 0.579. The van der Waals surface area contributed by atoms with Gasteiger partial charge in [0.25, 0.3) is 0 Å². The first-order valence-corrected chi connectivity index (χ1v) is 28.5. The molecular formula is C67H42N3O3PS. The van der Waals surface area contributed by atoms with Crippen molar-refractivity contribution in [2.24, 2.45) is 0 Å². The first-order chi connectivity index (χ1) is 36.9. The molecule has 0 saturated heterocycles. The minimum absolute atomic E-state index is 0.241. The summed E-state index contributed by atoms with van der Waals surface area (Å²) >= 11 is 0. The molecule has 75 heavy (non-hydrogen) atoms. The van der Waals surface area contributed by atoms with Gasteiger partial charge in [0.2, 0.25) is 9.84 Å². The van der Waals surface area contributed by atoms with Crippen LogP contribution in [0.25, 0.3) is 82.5 Å². The summed E-state index contributed by atoms with van der Waals surface area (Å²) in [6.45, 7) is 0. The largest absolute Gasteiger partial charge is 0.309 e. The zero-order valence-corrected chi connectivity index (χ0v) is 41.9.